The lowest BCUT2D eigenvalue weighted by Gasteiger charge is -2.37. The number of unbranched alkanes of at least 4 members (excludes halogenated alkanes) is 1. The summed E-state index contributed by atoms with van der Waals surface area (Å²) in [5.74, 6) is 0.919. The SMILES string of the molecule is C=CC(=O)SCC[N+](CC)(CCC)CCCC. The number of carbonyl (C=O) groups is 1. The molecule has 0 aliphatic heterocycles. The van der Waals surface area contributed by atoms with Gasteiger partial charge in [0.25, 0.3) is 0 Å². The molecule has 100 valence electrons. The third-order valence-corrected chi connectivity index (χ3v) is 4.17. The normalized spacial score (nSPS) is 14.3. The molecule has 0 rings (SSSR count). The predicted octanol–water partition coefficient (Wildman–Crippen LogP) is 3.48. The maximum absolute atomic E-state index is 11.2. The first-order valence-electron chi connectivity index (χ1n) is 6.78. The van der Waals surface area contributed by atoms with E-state index in [4.69, 9.17) is 0 Å². The molecule has 17 heavy (non-hydrogen) atoms. The van der Waals surface area contributed by atoms with Gasteiger partial charge in [-0.25, -0.2) is 0 Å². The van der Waals surface area contributed by atoms with Crippen LogP contribution in [-0.2, 0) is 4.79 Å². The van der Waals surface area contributed by atoms with Gasteiger partial charge in [0.1, 0.15) is 0 Å². The van der Waals surface area contributed by atoms with Gasteiger partial charge in [0.05, 0.1) is 31.9 Å². The number of rotatable bonds is 10. The van der Waals surface area contributed by atoms with E-state index in [2.05, 4.69) is 27.4 Å². The Bertz CT molecular complexity index is 230. The first-order valence-corrected chi connectivity index (χ1v) is 7.77. The zero-order valence-corrected chi connectivity index (χ0v) is 12.5. The summed E-state index contributed by atoms with van der Waals surface area (Å²) in [6, 6.07) is 0. The van der Waals surface area contributed by atoms with Gasteiger partial charge < -0.3 is 4.48 Å². The minimum atomic E-state index is 0.103. The monoisotopic (exact) mass is 258 g/mol. The van der Waals surface area contributed by atoms with Crippen LogP contribution in [0, 0.1) is 0 Å². The van der Waals surface area contributed by atoms with E-state index in [1.165, 1.54) is 61.2 Å². The molecule has 0 aromatic heterocycles. The van der Waals surface area contributed by atoms with Crippen LogP contribution in [0.15, 0.2) is 12.7 Å². The Balaban J connectivity index is 4.24. The lowest BCUT2D eigenvalue weighted by molar-refractivity contribution is -0.924. The summed E-state index contributed by atoms with van der Waals surface area (Å²) in [6.45, 7) is 15.0. The predicted molar refractivity (Wildman–Crippen MR) is 78.3 cm³/mol. The van der Waals surface area contributed by atoms with E-state index in [9.17, 15) is 4.79 Å². The zero-order chi connectivity index (χ0) is 13.1. The second-order valence-corrected chi connectivity index (χ2v) is 5.65. The molecule has 0 heterocycles. The fourth-order valence-corrected chi connectivity index (χ4v) is 2.97. The van der Waals surface area contributed by atoms with E-state index < -0.39 is 0 Å². The van der Waals surface area contributed by atoms with Crippen molar-refractivity contribution in [1.82, 2.24) is 0 Å². The van der Waals surface area contributed by atoms with Crippen LogP contribution in [0.1, 0.15) is 40.0 Å². The molecule has 0 aromatic rings. The zero-order valence-electron chi connectivity index (χ0n) is 11.7. The summed E-state index contributed by atoms with van der Waals surface area (Å²) in [5, 5.41) is 0.103. The van der Waals surface area contributed by atoms with E-state index in [1.54, 1.807) is 0 Å². The second-order valence-electron chi connectivity index (χ2n) is 4.55. The quantitative estimate of drug-likeness (QED) is 0.441. The maximum atomic E-state index is 11.2. The molecule has 0 aliphatic carbocycles. The van der Waals surface area contributed by atoms with Crippen LogP contribution in [0.5, 0.6) is 0 Å². The van der Waals surface area contributed by atoms with Crippen molar-refractivity contribution in [3.8, 4) is 0 Å². The van der Waals surface area contributed by atoms with Crippen molar-refractivity contribution >= 4 is 16.9 Å². The third-order valence-electron chi connectivity index (χ3n) is 3.33. The summed E-state index contributed by atoms with van der Waals surface area (Å²) < 4.78 is 1.17. The number of carbonyl (C=O) groups excluding carboxylic acids is 1. The summed E-state index contributed by atoms with van der Waals surface area (Å²) in [5.41, 5.74) is 0. The molecule has 0 aromatic carbocycles. The van der Waals surface area contributed by atoms with Crippen molar-refractivity contribution in [3.63, 3.8) is 0 Å². The van der Waals surface area contributed by atoms with Crippen molar-refractivity contribution < 1.29 is 9.28 Å². The molecule has 0 amide bonds. The van der Waals surface area contributed by atoms with E-state index in [0.29, 0.717) is 0 Å². The third kappa shape index (κ3) is 6.89. The molecular formula is C14H28NOS+. The van der Waals surface area contributed by atoms with Gasteiger partial charge in [-0.3, -0.25) is 4.79 Å². The van der Waals surface area contributed by atoms with Gasteiger partial charge >= 0.3 is 0 Å². The van der Waals surface area contributed by atoms with Gasteiger partial charge in [0.2, 0.25) is 5.12 Å². The van der Waals surface area contributed by atoms with Crippen molar-refractivity contribution in [2.45, 2.75) is 40.0 Å². The average molecular weight is 258 g/mol. The lowest BCUT2D eigenvalue weighted by Crippen LogP contribution is -2.50. The van der Waals surface area contributed by atoms with Gasteiger partial charge in [0, 0.05) is 0 Å². The topological polar surface area (TPSA) is 17.1 Å². The largest absolute Gasteiger partial charge is 0.323 e. The molecule has 2 nitrogen and oxygen atoms in total. The minimum Gasteiger partial charge on any atom is -0.323 e. The number of nitrogens with zero attached hydrogens (tertiary/aromatic N) is 1. The van der Waals surface area contributed by atoms with E-state index in [0.717, 1.165) is 12.3 Å². The summed E-state index contributed by atoms with van der Waals surface area (Å²) in [7, 11) is 0. The van der Waals surface area contributed by atoms with Crippen molar-refractivity contribution in [2.75, 3.05) is 31.9 Å². The van der Waals surface area contributed by atoms with Gasteiger partial charge in [-0.15, -0.1) is 0 Å². The smallest absolute Gasteiger partial charge is 0.211 e. The van der Waals surface area contributed by atoms with Gasteiger partial charge in [-0.2, -0.15) is 0 Å². The number of quaternary nitrogens is 1. The molecule has 0 saturated heterocycles. The van der Waals surface area contributed by atoms with Crippen LogP contribution in [0.3, 0.4) is 0 Å². The first kappa shape index (κ1) is 16.7. The average Bonchev–Trinajstić information content (AvgIpc) is 2.35. The molecule has 0 radical (unpaired) electrons. The Morgan fingerprint density at radius 2 is 1.88 bits per heavy atom. The van der Waals surface area contributed by atoms with Gasteiger partial charge in [-0.1, -0.05) is 38.6 Å². The van der Waals surface area contributed by atoms with Crippen LogP contribution in [0.4, 0.5) is 0 Å². The highest BCUT2D eigenvalue weighted by molar-refractivity contribution is 8.14. The van der Waals surface area contributed by atoms with Crippen molar-refractivity contribution in [1.29, 1.82) is 0 Å². The number of hydrogen-bond donors (Lipinski definition) is 0. The van der Waals surface area contributed by atoms with Crippen molar-refractivity contribution in [2.24, 2.45) is 0 Å². The van der Waals surface area contributed by atoms with E-state index >= 15 is 0 Å². The van der Waals surface area contributed by atoms with E-state index in [1.807, 2.05) is 0 Å². The maximum Gasteiger partial charge on any atom is 0.211 e. The van der Waals surface area contributed by atoms with Crippen LogP contribution >= 0.6 is 11.8 Å². The molecule has 0 spiro atoms. The molecule has 1 unspecified atom stereocenters. The Morgan fingerprint density at radius 1 is 1.18 bits per heavy atom. The Morgan fingerprint density at radius 3 is 2.35 bits per heavy atom. The summed E-state index contributed by atoms with van der Waals surface area (Å²) in [4.78, 5) is 11.2. The molecule has 1 atom stereocenters. The highest BCUT2D eigenvalue weighted by atomic mass is 32.2. The molecule has 0 fully saturated rings. The van der Waals surface area contributed by atoms with E-state index in [-0.39, 0.29) is 5.12 Å². The minimum absolute atomic E-state index is 0.103. The molecule has 0 N–H and O–H groups in total. The highest BCUT2D eigenvalue weighted by Crippen LogP contribution is 2.14. The fourth-order valence-electron chi connectivity index (χ4n) is 2.18. The fraction of sp³-hybridized carbons (Fsp3) is 0.786. The molecular weight excluding hydrogens is 230 g/mol. The van der Waals surface area contributed by atoms with Crippen LogP contribution in [0.2, 0.25) is 0 Å². The first-order chi connectivity index (χ1) is 8.14. The molecule has 3 heteroatoms. The van der Waals surface area contributed by atoms with Crippen LogP contribution < -0.4 is 0 Å². The highest BCUT2D eigenvalue weighted by Gasteiger charge is 2.23. The number of hydrogen-bond acceptors (Lipinski definition) is 2. The summed E-state index contributed by atoms with van der Waals surface area (Å²) >= 11 is 1.41. The Kier molecular flexibility index (Phi) is 9.56. The molecule has 0 aliphatic rings. The summed E-state index contributed by atoms with van der Waals surface area (Å²) in [6.07, 6.45) is 5.17. The standard InChI is InChI=1S/C14H28NOS/c1-5-9-11-15(8-4,10-6-2)12-13-17-14(16)7-3/h7H,3,5-6,8-13H2,1-2,4H3/q+1. The number of thioether (sulfide) groups is 1. The molecule has 0 bridgehead atoms. The Hall–Kier alpha value is -0.280. The van der Waals surface area contributed by atoms with Crippen LogP contribution in [0.25, 0.3) is 0 Å². The second kappa shape index (κ2) is 9.72. The lowest BCUT2D eigenvalue weighted by atomic mass is 10.2. The molecule has 0 saturated carbocycles. The van der Waals surface area contributed by atoms with Crippen molar-refractivity contribution in [3.05, 3.63) is 12.7 Å². The van der Waals surface area contributed by atoms with Crippen LogP contribution in [-0.4, -0.2) is 41.5 Å². The Labute approximate surface area is 111 Å². The van der Waals surface area contributed by atoms with Gasteiger partial charge in [-0.05, 0) is 25.8 Å². The van der Waals surface area contributed by atoms with Gasteiger partial charge in [0.15, 0.2) is 0 Å².